The Morgan fingerprint density at radius 3 is 2.32 bits per heavy atom. The smallest absolute Gasteiger partial charge is 0.316 e. The number of hydrogen-bond donors (Lipinski definition) is 1. The number of halogens is 1. The van der Waals surface area contributed by atoms with Crippen molar-refractivity contribution in [2.45, 2.75) is 62.8 Å². The summed E-state index contributed by atoms with van der Waals surface area (Å²) in [5.41, 5.74) is 2.23. The summed E-state index contributed by atoms with van der Waals surface area (Å²) >= 11 is 4.98. The number of nitrogens with one attached hydrogen (secondary N) is 1. The summed E-state index contributed by atoms with van der Waals surface area (Å²) < 4.78 is 6.32. The van der Waals surface area contributed by atoms with Crippen LogP contribution in [0.2, 0.25) is 0 Å². The number of benzene rings is 1. The second kappa shape index (κ2) is 8.02. The fourth-order valence-corrected chi connectivity index (χ4v) is 7.19. The van der Waals surface area contributed by atoms with Gasteiger partial charge in [-0.3, -0.25) is 9.59 Å². The lowest BCUT2D eigenvalue weighted by molar-refractivity contribution is -0.147. The number of carbonyl (C=O) groups is 2. The molecular weight excluding hydrogens is 438 g/mol. The van der Waals surface area contributed by atoms with Crippen molar-refractivity contribution in [3.8, 4) is 0 Å². The number of carbonyl (C=O) groups excluding carboxylic acids is 2. The molecule has 4 nitrogen and oxygen atoms in total. The van der Waals surface area contributed by atoms with Crippen LogP contribution in [0.1, 0.15) is 49.7 Å². The zero-order chi connectivity index (χ0) is 19.9. The number of aryl methyl sites for hydroxylation is 2. The highest BCUT2D eigenvalue weighted by molar-refractivity contribution is 9.10. The molecule has 4 aliphatic rings. The first-order valence-electron chi connectivity index (χ1n) is 10.2. The summed E-state index contributed by atoms with van der Waals surface area (Å²) in [6.45, 7) is 3.89. The predicted octanol–water partition coefficient (Wildman–Crippen LogP) is 4.79. The van der Waals surface area contributed by atoms with Crippen LogP contribution in [-0.4, -0.2) is 29.8 Å². The first kappa shape index (κ1) is 20.3. The van der Waals surface area contributed by atoms with Crippen LogP contribution in [0.4, 0.5) is 0 Å². The highest BCUT2D eigenvalue weighted by atomic mass is 79.9. The van der Waals surface area contributed by atoms with E-state index in [1.54, 1.807) is 0 Å². The number of rotatable bonds is 6. The van der Waals surface area contributed by atoms with Crippen LogP contribution >= 0.6 is 27.7 Å². The molecule has 0 unspecified atom stereocenters. The highest BCUT2D eigenvalue weighted by Gasteiger charge is 2.51. The highest BCUT2D eigenvalue weighted by Crippen LogP contribution is 2.55. The third-order valence-corrected chi connectivity index (χ3v) is 8.59. The minimum Gasteiger partial charge on any atom is -0.455 e. The van der Waals surface area contributed by atoms with Crippen LogP contribution in [-0.2, 0) is 14.3 Å². The summed E-state index contributed by atoms with van der Waals surface area (Å²) in [7, 11) is 0. The lowest BCUT2D eigenvalue weighted by Gasteiger charge is -2.56. The molecule has 1 aromatic rings. The summed E-state index contributed by atoms with van der Waals surface area (Å²) in [6.07, 6.45) is 7.35. The van der Waals surface area contributed by atoms with Crippen molar-refractivity contribution in [2.24, 2.45) is 17.8 Å². The van der Waals surface area contributed by atoms with Crippen molar-refractivity contribution in [1.82, 2.24) is 5.32 Å². The van der Waals surface area contributed by atoms with Crippen molar-refractivity contribution < 1.29 is 14.3 Å². The molecule has 0 saturated heterocycles. The van der Waals surface area contributed by atoms with Gasteiger partial charge in [-0.1, -0.05) is 15.9 Å². The van der Waals surface area contributed by atoms with E-state index in [1.807, 2.05) is 13.8 Å². The van der Waals surface area contributed by atoms with Gasteiger partial charge in [0.1, 0.15) is 0 Å². The van der Waals surface area contributed by atoms with E-state index in [2.05, 4.69) is 33.4 Å². The van der Waals surface area contributed by atoms with Crippen LogP contribution in [0.25, 0.3) is 0 Å². The fourth-order valence-electron chi connectivity index (χ4n) is 5.83. The van der Waals surface area contributed by atoms with Crippen molar-refractivity contribution in [3.05, 3.63) is 27.7 Å². The molecule has 0 aromatic heterocycles. The maximum absolute atomic E-state index is 12.4. The standard InChI is InChI=1S/C22H28BrNO3S/c1-13-4-19(14(2)3-18(13)23)28-12-21(26)27-11-20(25)24-22-8-15-5-16(9-22)7-17(6-15)10-22/h3-4,15-17H,5-12H2,1-2H3,(H,24,25). The Kier molecular flexibility index (Phi) is 5.81. The molecule has 0 spiro atoms. The SMILES string of the molecule is Cc1cc(SCC(=O)OCC(=O)NC23CC4CC(CC(C4)C2)C3)c(C)cc1Br. The number of ether oxygens (including phenoxy) is 1. The molecule has 152 valence electrons. The van der Waals surface area contributed by atoms with E-state index >= 15 is 0 Å². The third-order valence-electron chi connectivity index (χ3n) is 6.61. The van der Waals surface area contributed by atoms with Crippen LogP contribution in [0, 0.1) is 31.6 Å². The maximum atomic E-state index is 12.4. The van der Waals surface area contributed by atoms with Gasteiger partial charge >= 0.3 is 5.97 Å². The molecule has 6 heteroatoms. The van der Waals surface area contributed by atoms with E-state index in [9.17, 15) is 9.59 Å². The predicted molar refractivity (Wildman–Crippen MR) is 114 cm³/mol. The van der Waals surface area contributed by atoms with E-state index < -0.39 is 0 Å². The van der Waals surface area contributed by atoms with Gasteiger partial charge in [0, 0.05) is 14.9 Å². The first-order chi connectivity index (χ1) is 13.3. The lowest BCUT2D eigenvalue weighted by Crippen LogP contribution is -2.60. The molecule has 4 bridgehead atoms. The maximum Gasteiger partial charge on any atom is 0.316 e. The van der Waals surface area contributed by atoms with Crippen molar-refractivity contribution in [1.29, 1.82) is 0 Å². The van der Waals surface area contributed by atoms with Gasteiger partial charge in [0.05, 0.1) is 5.75 Å². The van der Waals surface area contributed by atoms with Gasteiger partial charge < -0.3 is 10.1 Å². The lowest BCUT2D eigenvalue weighted by atomic mass is 9.53. The van der Waals surface area contributed by atoms with E-state index in [4.69, 9.17) is 4.74 Å². The van der Waals surface area contributed by atoms with Gasteiger partial charge in [-0.25, -0.2) is 0 Å². The first-order valence-corrected chi connectivity index (χ1v) is 12.0. The number of amides is 1. The van der Waals surface area contributed by atoms with Crippen LogP contribution in [0.3, 0.4) is 0 Å². The van der Waals surface area contributed by atoms with E-state index in [0.717, 1.165) is 57.5 Å². The van der Waals surface area contributed by atoms with Crippen molar-refractivity contribution in [2.75, 3.05) is 12.4 Å². The van der Waals surface area contributed by atoms with Gasteiger partial charge in [0.2, 0.25) is 0 Å². The van der Waals surface area contributed by atoms with Crippen molar-refractivity contribution in [3.63, 3.8) is 0 Å². The Morgan fingerprint density at radius 2 is 1.71 bits per heavy atom. The molecule has 0 radical (unpaired) electrons. The molecule has 1 aromatic carbocycles. The third kappa shape index (κ3) is 4.43. The number of esters is 1. The number of thioether (sulfide) groups is 1. The molecule has 4 aliphatic carbocycles. The molecule has 1 amide bonds. The van der Waals surface area contributed by atoms with Crippen LogP contribution in [0.5, 0.6) is 0 Å². The van der Waals surface area contributed by atoms with Crippen LogP contribution < -0.4 is 5.32 Å². The summed E-state index contributed by atoms with van der Waals surface area (Å²) in [6, 6.07) is 4.12. The van der Waals surface area contributed by atoms with E-state index in [1.165, 1.54) is 31.0 Å². The van der Waals surface area contributed by atoms with Gasteiger partial charge in [-0.15, -0.1) is 11.8 Å². The summed E-state index contributed by atoms with van der Waals surface area (Å²) in [5, 5.41) is 3.25. The molecule has 4 saturated carbocycles. The zero-order valence-electron chi connectivity index (χ0n) is 16.6. The molecule has 4 fully saturated rings. The average molecular weight is 466 g/mol. The molecule has 0 aliphatic heterocycles. The molecule has 0 heterocycles. The fraction of sp³-hybridized carbons (Fsp3) is 0.636. The normalized spacial score (nSPS) is 30.3. The molecule has 0 atom stereocenters. The number of hydrogen-bond acceptors (Lipinski definition) is 4. The monoisotopic (exact) mass is 465 g/mol. The Morgan fingerprint density at radius 1 is 1.11 bits per heavy atom. The van der Waals surface area contributed by atoms with Crippen molar-refractivity contribution >= 4 is 39.6 Å². The minimum atomic E-state index is -0.342. The molecule has 1 N–H and O–H groups in total. The molecule has 5 rings (SSSR count). The van der Waals surface area contributed by atoms with Gasteiger partial charge in [-0.05, 0) is 93.4 Å². The molecule has 28 heavy (non-hydrogen) atoms. The Balaban J connectivity index is 1.24. The Bertz CT molecular complexity index is 759. The van der Waals surface area contributed by atoms with Gasteiger partial charge in [-0.2, -0.15) is 0 Å². The largest absolute Gasteiger partial charge is 0.455 e. The summed E-state index contributed by atoms with van der Waals surface area (Å²) in [5.74, 6) is 2.07. The second-order valence-electron chi connectivity index (χ2n) is 9.06. The topological polar surface area (TPSA) is 55.4 Å². The molecular formula is C22H28BrNO3S. The van der Waals surface area contributed by atoms with Gasteiger partial charge in [0.25, 0.3) is 5.91 Å². The summed E-state index contributed by atoms with van der Waals surface area (Å²) in [4.78, 5) is 25.6. The van der Waals surface area contributed by atoms with Crippen LogP contribution in [0.15, 0.2) is 21.5 Å². The van der Waals surface area contributed by atoms with Gasteiger partial charge in [0.15, 0.2) is 6.61 Å². The quantitative estimate of drug-likeness (QED) is 0.484. The Labute approximate surface area is 179 Å². The zero-order valence-corrected chi connectivity index (χ0v) is 19.0. The van der Waals surface area contributed by atoms with E-state index in [-0.39, 0.29) is 29.8 Å². The second-order valence-corrected chi connectivity index (χ2v) is 10.9. The minimum absolute atomic E-state index is 0.0287. The average Bonchev–Trinajstić information content (AvgIpc) is 2.60. The Hall–Kier alpha value is -1.01. The van der Waals surface area contributed by atoms with E-state index in [0.29, 0.717) is 0 Å².